The number of hydrogen-bond acceptors (Lipinski definition) is 3. The van der Waals surface area contributed by atoms with Gasteiger partial charge in [-0.05, 0) is 42.7 Å². The fraction of sp³-hybridized carbons (Fsp3) is 0.188. The number of carbonyl (C=O) groups excluding carboxylic acids is 1. The van der Waals surface area contributed by atoms with Crippen molar-refractivity contribution in [3.05, 3.63) is 53.6 Å². The SMILES string of the molecule is O=C(Nc1cccc2c1CCCN2)c1ccccc1O. The largest absolute Gasteiger partial charge is 0.507 e. The Hall–Kier alpha value is -2.49. The number of phenols is 1. The zero-order valence-electron chi connectivity index (χ0n) is 11.0. The Morgan fingerprint density at radius 3 is 2.85 bits per heavy atom. The topological polar surface area (TPSA) is 61.4 Å². The van der Waals surface area contributed by atoms with Gasteiger partial charge in [-0.2, -0.15) is 0 Å². The van der Waals surface area contributed by atoms with Crippen LogP contribution in [-0.4, -0.2) is 17.6 Å². The molecular formula is C16H16N2O2. The number of nitrogens with one attached hydrogen (secondary N) is 2. The fourth-order valence-corrected chi connectivity index (χ4v) is 2.48. The van der Waals surface area contributed by atoms with E-state index in [4.69, 9.17) is 0 Å². The molecule has 0 radical (unpaired) electrons. The fourth-order valence-electron chi connectivity index (χ4n) is 2.48. The van der Waals surface area contributed by atoms with Crippen LogP contribution in [0.25, 0.3) is 0 Å². The van der Waals surface area contributed by atoms with Gasteiger partial charge in [0.25, 0.3) is 5.91 Å². The van der Waals surface area contributed by atoms with Crippen molar-refractivity contribution in [1.29, 1.82) is 0 Å². The highest BCUT2D eigenvalue weighted by Crippen LogP contribution is 2.29. The molecule has 0 aromatic heterocycles. The molecule has 4 nitrogen and oxygen atoms in total. The zero-order chi connectivity index (χ0) is 13.9. The summed E-state index contributed by atoms with van der Waals surface area (Å²) in [4.78, 5) is 12.2. The number of anilines is 2. The van der Waals surface area contributed by atoms with Crippen LogP contribution in [0.3, 0.4) is 0 Å². The number of para-hydroxylation sites is 1. The molecule has 0 bridgehead atoms. The number of hydrogen-bond donors (Lipinski definition) is 3. The Labute approximate surface area is 117 Å². The van der Waals surface area contributed by atoms with Crippen LogP contribution in [0.5, 0.6) is 5.75 Å². The Kier molecular flexibility index (Phi) is 3.29. The smallest absolute Gasteiger partial charge is 0.259 e. The molecule has 0 atom stereocenters. The number of amides is 1. The molecule has 3 rings (SSSR count). The zero-order valence-corrected chi connectivity index (χ0v) is 11.0. The molecule has 0 saturated heterocycles. The van der Waals surface area contributed by atoms with Gasteiger partial charge >= 0.3 is 0 Å². The van der Waals surface area contributed by atoms with Gasteiger partial charge in [0.2, 0.25) is 0 Å². The van der Waals surface area contributed by atoms with Crippen molar-refractivity contribution in [3.8, 4) is 5.75 Å². The summed E-state index contributed by atoms with van der Waals surface area (Å²) in [6, 6.07) is 12.4. The lowest BCUT2D eigenvalue weighted by atomic mass is 10.0. The summed E-state index contributed by atoms with van der Waals surface area (Å²) in [5.74, 6) is -0.296. The van der Waals surface area contributed by atoms with Gasteiger partial charge in [-0.15, -0.1) is 0 Å². The van der Waals surface area contributed by atoms with Gasteiger partial charge in [0, 0.05) is 17.9 Å². The first-order chi connectivity index (χ1) is 9.75. The lowest BCUT2D eigenvalue weighted by Gasteiger charge is -2.21. The normalized spacial score (nSPS) is 13.2. The quantitative estimate of drug-likeness (QED) is 0.784. The molecule has 1 aliphatic heterocycles. The van der Waals surface area contributed by atoms with Gasteiger partial charge in [-0.3, -0.25) is 4.79 Å². The molecule has 1 aliphatic rings. The molecule has 0 fully saturated rings. The van der Waals surface area contributed by atoms with Crippen molar-refractivity contribution in [1.82, 2.24) is 0 Å². The molecule has 1 amide bonds. The highest BCUT2D eigenvalue weighted by atomic mass is 16.3. The van der Waals surface area contributed by atoms with Crippen LogP contribution >= 0.6 is 0 Å². The number of carbonyl (C=O) groups is 1. The highest BCUT2D eigenvalue weighted by Gasteiger charge is 2.16. The summed E-state index contributed by atoms with van der Waals surface area (Å²) in [7, 11) is 0. The third-order valence-corrected chi connectivity index (χ3v) is 3.49. The summed E-state index contributed by atoms with van der Waals surface area (Å²) in [5, 5.41) is 15.9. The maximum absolute atomic E-state index is 12.2. The van der Waals surface area contributed by atoms with E-state index < -0.39 is 0 Å². The summed E-state index contributed by atoms with van der Waals surface area (Å²) in [6.45, 7) is 0.962. The maximum Gasteiger partial charge on any atom is 0.259 e. The van der Waals surface area contributed by atoms with Gasteiger partial charge < -0.3 is 15.7 Å². The van der Waals surface area contributed by atoms with Crippen molar-refractivity contribution in [2.75, 3.05) is 17.2 Å². The van der Waals surface area contributed by atoms with E-state index in [9.17, 15) is 9.90 Å². The summed E-state index contributed by atoms with van der Waals surface area (Å²) in [5.41, 5.74) is 3.30. The van der Waals surface area contributed by atoms with Crippen LogP contribution in [0.4, 0.5) is 11.4 Å². The van der Waals surface area contributed by atoms with E-state index >= 15 is 0 Å². The first-order valence-electron chi connectivity index (χ1n) is 6.71. The Balaban J connectivity index is 1.89. The van der Waals surface area contributed by atoms with Gasteiger partial charge in [0.15, 0.2) is 0 Å². The molecule has 0 aliphatic carbocycles. The molecule has 4 heteroatoms. The van der Waals surface area contributed by atoms with Crippen molar-refractivity contribution in [3.63, 3.8) is 0 Å². The summed E-state index contributed by atoms with van der Waals surface area (Å²) in [6.07, 6.45) is 2.00. The second-order valence-corrected chi connectivity index (χ2v) is 4.83. The molecule has 0 unspecified atom stereocenters. The van der Waals surface area contributed by atoms with E-state index in [1.165, 1.54) is 6.07 Å². The Morgan fingerprint density at radius 1 is 1.15 bits per heavy atom. The van der Waals surface area contributed by atoms with Crippen LogP contribution in [0.1, 0.15) is 22.3 Å². The Morgan fingerprint density at radius 2 is 2.00 bits per heavy atom. The maximum atomic E-state index is 12.2. The molecule has 20 heavy (non-hydrogen) atoms. The highest BCUT2D eigenvalue weighted by molar-refractivity contribution is 6.06. The molecule has 0 saturated carbocycles. The second kappa shape index (κ2) is 5.25. The number of rotatable bonds is 2. The summed E-state index contributed by atoms with van der Waals surface area (Å²) < 4.78 is 0. The monoisotopic (exact) mass is 268 g/mol. The van der Waals surface area contributed by atoms with E-state index in [-0.39, 0.29) is 17.2 Å². The molecule has 2 aromatic carbocycles. The van der Waals surface area contributed by atoms with E-state index in [1.54, 1.807) is 18.2 Å². The molecule has 102 valence electrons. The average molecular weight is 268 g/mol. The van der Waals surface area contributed by atoms with Gasteiger partial charge in [-0.1, -0.05) is 18.2 Å². The number of phenolic OH excluding ortho intramolecular Hbond substituents is 1. The van der Waals surface area contributed by atoms with Crippen molar-refractivity contribution in [2.24, 2.45) is 0 Å². The van der Waals surface area contributed by atoms with E-state index in [2.05, 4.69) is 10.6 Å². The molecular weight excluding hydrogens is 252 g/mol. The van der Waals surface area contributed by atoms with Crippen LogP contribution in [0, 0.1) is 0 Å². The minimum Gasteiger partial charge on any atom is -0.507 e. The third kappa shape index (κ3) is 2.32. The number of fused-ring (bicyclic) bond motifs is 1. The van der Waals surface area contributed by atoms with E-state index in [1.807, 2.05) is 18.2 Å². The van der Waals surface area contributed by atoms with Crippen molar-refractivity contribution >= 4 is 17.3 Å². The molecule has 0 spiro atoms. The minimum absolute atomic E-state index is 0.00655. The predicted molar refractivity (Wildman–Crippen MR) is 79.3 cm³/mol. The van der Waals surface area contributed by atoms with Crippen LogP contribution in [0.15, 0.2) is 42.5 Å². The van der Waals surface area contributed by atoms with E-state index in [0.717, 1.165) is 36.3 Å². The van der Waals surface area contributed by atoms with Crippen LogP contribution in [-0.2, 0) is 6.42 Å². The Bertz CT molecular complexity index is 653. The number of benzene rings is 2. The van der Waals surface area contributed by atoms with Gasteiger partial charge in [0.1, 0.15) is 5.75 Å². The molecule has 3 N–H and O–H groups in total. The molecule has 2 aromatic rings. The minimum atomic E-state index is -0.290. The lowest BCUT2D eigenvalue weighted by Crippen LogP contribution is -2.17. The standard InChI is InChI=1S/C16H16N2O2/c19-15-9-2-1-5-12(15)16(20)18-14-8-3-7-13-11(14)6-4-10-17-13/h1-3,5,7-9,17,19H,4,6,10H2,(H,18,20). The third-order valence-electron chi connectivity index (χ3n) is 3.49. The van der Waals surface area contributed by atoms with Gasteiger partial charge in [0.05, 0.1) is 5.56 Å². The predicted octanol–water partition coefficient (Wildman–Crippen LogP) is 3.00. The second-order valence-electron chi connectivity index (χ2n) is 4.83. The van der Waals surface area contributed by atoms with Crippen molar-refractivity contribution < 1.29 is 9.90 Å². The van der Waals surface area contributed by atoms with E-state index in [0.29, 0.717) is 0 Å². The van der Waals surface area contributed by atoms with Gasteiger partial charge in [-0.25, -0.2) is 0 Å². The summed E-state index contributed by atoms with van der Waals surface area (Å²) >= 11 is 0. The van der Waals surface area contributed by atoms with Crippen molar-refractivity contribution in [2.45, 2.75) is 12.8 Å². The number of aromatic hydroxyl groups is 1. The first kappa shape index (κ1) is 12.5. The molecule has 1 heterocycles. The van der Waals surface area contributed by atoms with Crippen LogP contribution < -0.4 is 10.6 Å². The van der Waals surface area contributed by atoms with Crippen LogP contribution in [0.2, 0.25) is 0 Å². The average Bonchev–Trinajstić information content (AvgIpc) is 2.48. The lowest BCUT2D eigenvalue weighted by molar-refractivity contribution is 0.102. The first-order valence-corrected chi connectivity index (χ1v) is 6.71.